The van der Waals surface area contributed by atoms with E-state index in [0.29, 0.717) is 17.4 Å². The van der Waals surface area contributed by atoms with Gasteiger partial charge < -0.3 is 19.1 Å². The topological polar surface area (TPSA) is 61.6 Å². The highest BCUT2D eigenvalue weighted by Gasteiger charge is 2.21. The number of halogens is 1. The molecule has 2 aromatic rings. The Balaban J connectivity index is 1.53. The van der Waals surface area contributed by atoms with Gasteiger partial charge in [0, 0.05) is 41.5 Å². The number of aromatic nitrogens is 3. The lowest BCUT2D eigenvalue weighted by Crippen LogP contribution is -2.38. The molecule has 0 saturated carbocycles. The van der Waals surface area contributed by atoms with E-state index < -0.39 is 0 Å². The van der Waals surface area contributed by atoms with Gasteiger partial charge in [-0.25, -0.2) is 0 Å². The maximum Gasteiger partial charge on any atom is 0.228 e. The van der Waals surface area contributed by atoms with Crippen molar-refractivity contribution in [3.8, 4) is 5.75 Å². The molecule has 1 fully saturated rings. The van der Waals surface area contributed by atoms with E-state index in [1.165, 1.54) is 0 Å². The Hall–Kier alpha value is -1.48. The van der Waals surface area contributed by atoms with Gasteiger partial charge in [0.1, 0.15) is 5.75 Å². The van der Waals surface area contributed by atoms with Crippen LogP contribution in [0.1, 0.15) is 18.1 Å². The fraction of sp³-hybridized carbons (Fsp3) is 0.529. The molecule has 3 heterocycles. The molecule has 0 atom stereocenters. The molecular formula is C17H21ClN4O3S. The van der Waals surface area contributed by atoms with Crippen LogP contribution in [0.2, 0.25) is 5.02 Å². The van der Waals surface area contributed by atoms with E-state index in [0.717, 1.165) is 60.8 Å². The number of thioether (sulfide) groups is 1. The second-order valence-corrected chi connectivity index (χ2v) is 7.46. The summed E-state index contributed by atoms with van der Waals surface area (Å²) in [5.74, 6) is 2.50. The molecule has 7 nitrogen and oxygen atoms in total. The molecule has 0 N–H and O–H groups in total. The molecule has 1 aromatic heterocycles. The molecule has 0 bridgehead atoms. The van der Waals surface area contributed by atoms with Crippen molar-refractivity contribution in [1.82, 2.24) is 14.8 Å². The first-order valence-corrected chi connectivity index (χ1v) is 10.0. The number of anilines is 1. The van der Waals surface area contributed by atoms with E-state index in [9.17, 15) is 0 Å². The van der Waals surface area contributed by atoms with Gasteiger partial charge in [-0.1, -0.05) is 23.4 Å². The van der Waals surface area contributed by atoms with Crippen molar-refractivity contribution in [2.75, 3.05) is 38.0 Å². The van der Waals surface area contributed by atoms with Crippen molar-refractivity contribution in [3.05, 3.63) is 28.3 Å². The molecule has 140 valence electrons. The van der Waals surface area contributed by atoms with Crippen LogP contribution in [-0.2, 0) is 28.4 Å². The average Bonchev–Trinajstić information content (AvgIpc) is 3.09. The standard InChI is InChI=1S/C17H21ClN4O3S/c1-2-22-16(21-3-5-23-6-4-21)19-20-17(22)26-10-13-8-14(18)7-12-9-24-11-25-15(12)13/h7-8H,2-6,9-11H2,1H3. The number of rotatable bonds is 5. The summed E-state index contributed by atoms with van der Waals surface area (Å²) < 4.78 is 18.6. The maximum atomic E-state index is 6.26. The Bertz CT molecular complexity index is 780. The molecule has 0 unspecified atom stereocenters. The third-order valence-electron chi connectivity index (χ3n) is 4.42. The zero-order valence-corrected chi connectivity index (χ0v) is 16.2. The van der Waals surface area contributed by atoms with E-state index in [4.69, 9.17) is 25.8 Å². The number of morpholine rings is 1. The zero-order chi connectivity index (χ0) is 17.9. The van der Waals surface area contributed by atoms with Crippen LogP contribution in [0.3, 0.4) is 0 Å². The minimum absolute atomic E-state index is 0.276. The third-order valence-corrected chi connectivity index (χ3v) is 5.65. The largest absolute Gasteiger partial charge is 0.467 e. The second kappa shape index (κ2) is 8.04. The predicted molar refractivity (Wildman–Crippen MR) is 100 cm³/mol. The van der Waals surface area contributed by atoms with Crippen molar-refractivity contribution in [1.29, 1.82) is 0 Å². The van der Waals surface area contributed by atoms with Crippen LogP contribution >= 0.6 is 23.4 Å². The van der Waals surface area contributed by atoms with Gasteiger partial charge in [-0.3, -0.25) is 4.57 Å². The fourth-order valence-corrected chi connectivity index (χ4v) is 4.40. The molecule has 0 spiro atoms. The van der Waals surface area contributed by atoms with Gasteiger partial charge in [-0.2, -0.15) is 0 Å². The lowest BCUT2D eigenvalue weighted by atomic mass is 10.1. The molecule has 1 aromatic carbocycles. The molecule has 2 aliphatic heterocycles. The number of hydrogen-bond acceptors (Lipinski definition) is 7. The summed E-state index contributed by atoms with van der Waals surface area (Å²) in [5.41, 5.74) is 2.05. The number of hydrogen-bond donors (Lipinski definition) is 0. The lowest BCUT2D eigenvalue weighted by molar-refractivity contribution is -0.0168. The predicted octanol–water partition coefficient (Wildman–Crippen LogP) is 2.95. The summed E-state index contributed by atoms with van der Waals surface area (Å²) in [6.07, 6.45) is 0. The Labute approximate surface area is 161 Å². The summed E-state index contributed by atoms with van der Waals surface area (Å²) in [6.45, 7) is 6.88. The summed E-state index contributed by atoms with van der Waals surface area (Å²) >= 11 is 7.90. The summed E-state index contributed by atoms with van der Waals surface area (Å²) in [6, 6.07) is 3.85. The van der Waals surface area contributed by atoms with Gasteiger partial charge >= 0.3 is 0 Å². The SMILES string of the molecule is CCn1c(SCc2cc(Cl)cc3c2OCOC3)nnc1N1CCOCC1. The van der Waals surface area contributed by atoms with Crippen LogP contribution in [0.5, 0.6) is 5.75 Å². The summed E-state index contributed by atoms with van der Waals surface area (Å²) in [7, 11) is 0. The van der Waals surface area contributed by atoms with Crippen LogP contribution in [0, 0.1) is 0 Å². The highest BCUT2D eigenvalue weighted by atomic mass is 35.5. The van der Waals surface area contributed by atoms with Crippen LogP contribution in [0.15, 0.2) is 17.3 Å². The molecule has 9 heteroatoms. The van der Waals surface area contributed by atoms with Crippen molar-refractivity contribution in [2.24, 2.45) is 0 Å². The summed E-state index contributed by atoms with van der Waals surface area (Å²) in [5, 5.41) is 10.4. The van der Waals surface area contributed by atoms with Gasteiger partial charge in [0.15, 0.2) is 11.9 Å². The highest BCUT2D eigenvalue weighted by molar-refractivity contribution is 7.98. The maximum absolute atomic E-state index is 6.26. The molecule has 0 radical (unpaired) electrons. The van der Waals surface area contributed by atoms with Crippen LogP contribution in [0.4, 0.5) is 5.95 Å². The molecule has 0 amide bonds. The number of fused-ring (bicyclic) bond motifs is 1. The van der Waals surface area contributed by atoms with Crippen molar-refractivity contribution < 1.29 is 14.2 Å². The highest BCUT2D eigenvalue weighted by Crippen LogP contribution is 2.35. The molecule has 1 saturated heterocycles. The zero-order valence-electron chi connectivity index (χ0n) is 14.6. The first-order chi connectivity index (χ1) is 12.8. The first-order valence-electron chi connectivity index (χ1n) is 8.66. The molecule has 4 rings (SSSR count). The van der Waals surface area contributed by atoms with Crippen molar-refractivity contribution in [2.45, 2.75) is 31.0 Å². The van der Waals surface area contributed by atoms with E-state index in [1.54, 1.807) is 11.8 Å². The van der Waals surface area contributed by atoms with Crippen LogP contribution < -0.4 is 9.64 Å². The van der Waals surface area contributed by atoms with E-state index in [2.05, 4.69) is 26.6 Å². The van der Waals surface area contributed by atoms with Gasteiger partial charge in [-0.05, 0) is 19.1 Å². The van der Waals surface area contributed by atoms with Crippen LogP contribution in [-0.4, -0.2) is 47.9 Å². The fourth-order valence-electron chi connectivity index (χ4n) is 3.17. The Morgan fingerprint density at radius 2 is 2.04 bits per heavy atom. The van der Waals surface area contributed by atoms with Gasteiger partial charge in [0.25, 0.3) is 0 Å². The van der Waals surface area contributed by atoms with Crippen molar-refractivity contribution in [3.63, 3.8) is 0 Å². The number of benzene rings is 1. The minimum atomic E-state index is 0.276. The van der Waals surface area contributed by atoms with Gasteiger partial charge in [-0.15, -0.1) is 10.2 Å². The number of nitrogens with zero attached hydrogens (tertiary/aromatic N) is 4. The molecule has 0 aliphatic carbocycles. The second-order valence-electron chi connectivity index (χ2n) is 6.08. The smallest absolute Gasteiger partial charge is 0.228 e. The quantitative estimate of drug-likeness (QED) is 0.720. The minimum Gasteiger partial charge on any atom is -0.467 e. The van der Waals surface area contributed by atoms with E-state index in [1.807, 2.05) is 12.1 Å². The lowest BCUT2D eigenvalue weighted by Gasteiger charge is -2.27. The number of ether oxygens (including phenoxy) is 3. The summed E-state index contributed by atoms with van der Waals surface area (Å²) in [4.78, 5) is 2.23. The molecule has 26 heavy (non-hydrogen) atoms. The van der Waals surface area contributed by atoms with Gasteiger partial charge in [0.05, 0.1) is 19.8 Å². The monoisotopic (exact) mass is 396 g/mol. The Morgan fingerprint density at radius 3 is 2.85 bits per heavy atom. The molecule has 2 aliphatic rings. The van der Waals surface area contributed by atoms with E-state index in [-0.39, 0.29) is 6.79 Å². The Morgan fingerprint density at radius 1 is 1.19 bits per heavy atom. The normalized spacial score (nSPS) is 17.1. The first kappa shape index (κ1) is 17.9. The van der Waals surface area contributed by atoms with E-state index >= 15 is 0 Å². The third kappa shape index (κ3) is 3.64. The van der Waals surface area contributed by atoms with Gasteiger partial charge in [0.2, 0.25) is 5.95 Å². The Kier molecular flexibility index (Phi) is 5.54. The van der Waals surface area contributed by atoms with Crippen molar-refractivity contribution >= 4 is 29.3 Å². The average molecular weight is 397 g/mol. The van der Waals surface area contributed by atoms with Crippen LogP contribution in [0.25, 0.3) is 0 Å². The molecular weight excluding hydrogens is 376 g/mol.